The Morgan fingerprint density at radius 1 is 1.21 bits per heavy atom. The first-order chi connectivity index (χ1) is 8.83. The third kappa shape index (κ3) is 1.99. The van der Waals surface area contributed by atoms with E-state index in [2.05, 4.69) is 5.32 Å². The summed E-state index contributed by atoms with van der Waals surface area (Å²) in [6.45, 7) is 1.72. The van der Waals surface area contributed by atoms with Crippen molar-refractivity contribution in [2.75, 3.05) is 6.26 Å². The first-order valence-electron chi connectivity index (χ1n) is 5.75. The largest absolute Gasteiger partial charge is 0.339 e. The van der Waals surface area contributed by atoms with E-state index in [0.717, 1.165) is 6.26 Å². The second kappa shape index (κ2) is 4.34. The number of urea groups is 1. The highest BCUT2D eigenvalue weighted by atomic mass is 32.2. The first kappa shape index (κ1) is 13.5. The van der Waals surface area contributed by atoms with Gasteiger partial charge in [0.05, 0.1) is 6.26 Å². The molecule has 0 bridgehead atoms. The lowest BCUT2D eigenvalue weighted by atomic mass is 9.87. The molecule has 0 aromatic heterocycles. The van der Waals surface area contributed by atoms with Gasteiger partial charge in [0.1, 0.15) is 5.54 Å². The number of carbonyl (C=O) groups excluding carboxylic acids is 2. The van der Waals surface area contributed by atoms with Gasteiger partial charge in [0.25, 0.3) is 5.91 Å². The molecule has 0 radical (unpaired) electrons. The molecule has 1 aliphatic heterocycles. The lowest BCUT2D eigenvalue weighted by Gasteiger charge is -2.25. The molecule has 1 heterocycles. The summed E-state index contributed by atoms with van der Waals surface area (Å²) in [6, 6.07) is 7.71. The second-order valence-corrected chi connectivity index (χ2v) is 6.22. The molecular formula is C12H14N2O4S. The number of carbonyl (C=O) groups is 2. The molecule has 1 fully saturated rings. The maximum Gasteiger partial charge on any atom is 0.339 e. The predicted molar refractivity (Wildman–Crippen MR) is 68.6 cm³/mol. The summed E-state index contributed by atoms with van der Waals surface area (Å²) in [7, 11) is -3.92. The average molecular weight is 282 g/mol. The average Bonchev–Trinajstić information content (AvgIpc) is 2.62. The van der Waals surface area contributed by atoms with Crippen LogP contribution in [0.1, 0.15) is 18.9 Å². The zero-order chi connectivity index (χ0) is 14.3. The van der Waals surface area contributed by atoms with Gasteiger partial charge in [0.2, 0.25) is 10.0 Å². The number of nitrogens with zero attached hydrogens (tertiary/aromatic N) is 1. The Labute approximate surface area is 111 Å². The summed E-state index contributed by atoms with van der Waals surface area (Å²) >= 11 is 0. The Morgan fingerprint density at radius 2 is 1.79 bits per heavy atom. The Kier molecular flexibility index (Phi) is 3.09. The van der Waals surface area contributed by atoms with Gasteiger partial charge >= 0.3 is 6.03 Å². The molecule has 1 aromatic rings. The minimum absolute atomic E-state index is 0.271. The quantitative estimate of drug-likeness (QED) is 0.831. The van der Waals surface area contributed by atoms with Crippen molar-refractivity contribution in [3.8, 4) is 0 Å². The van der Waals surface area contributed by atoms with Crippen molar-refractivity contribution >= 4 is 22.0 Å². The van der Waals surface area contributed by atoms with Crippen molar-refractivity contribution in [2.45, 2.75) is 18.9 Å². The van der Waals surface area contributed by atoms with Crippen LogP contribution in [0.15, 0.2) is 30.3 Å². The fourth-order valence-corrected chi connectivity index (χ4v) is 3.02. The second-order valence-electron chi connectivity index (χ2n) is 4.39. The van der Waals surface area contributed by atoms with Gasteiger partial charge in [-0.2, -0.15) is 4.31 Å². The molecule has 0 saturated carbocycles. The van der Waals surface area contributed by atoms with Crippen LogP contribution < -0.4 is 5.32 Å². The van der Waals surface area contributed by atoms with Crippen molar-refractivity contribution in [3.05, 3.63) is 35.9 Å². The number of hydrogen-bond acceptors (Lipinski definition) is 4. The Bertz CT molecular complexity index is 626. The lowest BCUT2D eigenvalue weighted by Crippen LogP contribution is -2.44. The van der Waals surface area contributed by atoms with E-state index in [4.69, 9.17) is 0 Å². The summed E-state index contributed by atoms with van der Waals surface area (Å²) in [5.74, 6) is -0.756. The molecule has 1 unspecified atom stereocenters. The van der Waals surface area contributed by atoms with E-state index < -0.39 is 27.5 Å². The van der Waals surface area contributed by atoms with Crippen molar-refractivity contribution in [3.63, 3.8) is 0 Å². The summed E-state index contributed by atoms with van der Waals surface area (Å²) in [6.07, 6.45) is 1.11. The molecule has 1 N–H and O–H groups in total. The molecule has 102 valence electrons. The van der Waals surface area contributed by atoms with Gasteiger partial charge in [-0.3, -0.25) is 4.79 Å². The molecule has 0 spiro atoms. The third-order valence-corrected chi connectivity index (χ3v) is 4.18. The first-order valence-corrected chi connectivity index (χ1v) is 7.60. The van der Waals surface area contributed by atoms with E-state index in [1.807, 2.05) is 0 Å². The molecule has 6 nitrogen and oxygen atoms in total. The summed E-state index contributed by atoms with van der Waals surface area (Å²) in [5, 5.41) is 2.50. The van der Waals surface area contributed by atoms with Gasteiger partial charge in [0, 0.05) is 0 Å². The Balaban J connectivity index is 2.57. The zero-order valence-corrected chi connectivity index (χ0v) is 11.4. The number of hydrogen-bond donors (Lipinski definition) is 1. The number of sulfonamides is 1. The molecule has 1 aliphatic rings. The fourth-order valence-electron chi connectivity index (χ4n) is 2.22. The van der Waals surface area contributed by atoms with Crippen LogP contribution in [-0.2, 0) is 20.4 Å². The van der Waals surface area contributed by atoms with Gasteiger partial charge < -0.3 is 5.32 Å². The van der Waals surface area contributed by atoms with E-state index in [0.29, 0.717) is 9.87 Å². The van der Waals surface area contributed by atoms with E-state index >= 15 is 0 Å². The van der Waals surface area contributed by atoms with E-state index in [1.54, 1.807) is 37.3 Å². The van der Waals surface area contributed by atoms with Gasteiger partial charge in [-0.1, -0.05) is 37.3 Å². The van der Waals surface area contributed by atoms with Crippen LogP contribution in [0.4, 0.5) is 4.79 Å². The minimum atomic E-state index is -3.92. The lowest BCUT2D eigenvalue weighted by molar-refractivity contribution is -0.128. The third-order valence-electron chi connectivity index (χ3n) is 3.18. The van der Waals surface area contributed by atoms with Crippen LogP contribution in [0.2, 0.25) is 0 Å². The monoisotopic (exact) mass is 282 g/mol. The number of nitrogens with one attached hydrogen (secondary N) is 1. The number of amides is 3. The van der Waals surface area contributed by atoms with Crippen molar-refractivity contribution in [1.82, 2.24) is 9.62 Å². The molecule has 1 atom stereocenters. The highest BCUT2D eigenvalue weighted by Gasteiger charge is 2.54. The van der Waals surface area contributed by atoms with Crippen LogP contribution in [0.3, 0.4) is 0 Å². The van der Waals surface area contributed by atoms with Crippen molar-refractivity contribution in [2.24, 2.45) is 0 Å². The van der Waals surface area contributed by atoms with E-state index in [-0.39, 0.29) is 6.42 Å². The standard InChI is InChI=1S/C12H14N2O4S/c1-3-12(9-7-5-4-6-8-9)10(15)14(11(16)13-12)19(2,17)18/h4-8H,3H2,1-2H3,(H,13,16). The fraction of sp³-hybridized carbons (Fsp3) is 0.333. The van der Waals surface area contributed by atoms with Crippen molar-refractivity contribution in [1.29, 1.82) is 0 Å². The van der Waals surface area contributed by atoms with Crippen molar-refractivity contribution < 1.29 is 18.0 Å². The van der Waals surface area contributed by atoms with Gasteiger partial charge in [-0.25, -0.2) is 13.2 Å². The number of benzene rings is 1. The predicted octanol–water partition coefficient (Wildman–Crippen LogP) is 0.803. The molecule has 7 heteroatoms. The van der Waals surface area contributed by atoms with Crippen LogP contribution in [0, 0.1) is 0 Å². The molecule has 0 aliphatic carbocycles. The topological polar surface area (TPSA) is 83.6 Å². The molecule has 1 saturated heterocycles. The smallest absolute Gasteiger partial charge is 0.318 e. The Hall–Kier alpha value is -1.89. The number of imide groups is 1. The Morgan fingerprint density at radius 3 is 2.21 bits per heavy atom. The summed E-state index contributed by atoms with van der Waals surface area (Å²) in [5.41, 5.74) is -0.733. The normalized spacial score (nSPS) is 23.6. The molecular weight excluding hydrogens is 268 g/mol. The van der Waals surface area contributed by atoms with Crippen LogP contribution in [0.5, 0.6) is 0 Å². The molecule has 1 aromatic carbocycles. The molecule has 19 heavy (non-hydrogen) atoms. The van der Waals surface area contributed by atoms with Crippen LogP contribution in [-0.4, -0.2) is 30.9 Å². The van der Waals surface area contributed by atoms with E-state index in [9.17, 15) is 18.0 Å². The summed E-state index contributed by atoms with van der Waals surface area (Å²) < 4.78 is 23.4. The SMILES string of the molecule is CCC1(c2ccccc2)NC(=O)N(S(C)(=O)=O)C1=O. The minimum Gasteiger partial charge on any atom is -0.318 e. The van der Waals surface area contributed by atoms with Gasteiger partial charge in [-0.05, 0) is 12.0 Å². The van der Waals surface area contributed by atoms with Crippen LogP contribution in [0.25, 0.3) is 0 Å². The van der Waals surface area contributed by atoms with Gasteiger partial charge in [-0.15, -0.1) is 0 Å². The number of rotatable bonds is 3. The van der Waals surface area contributed by atoms with E-state index in [1.165, 1.54) is 0 Å². The molecule has 3 amide bonds. The van der Waals surface area contributed by atoms with Gasteiger partial charge in [0.15, 0.2) is 0 Å². The highest BCUT2D eigenvalue weighted by Crippen LogP contribution is 2.33. The zero-order valence-electron chi connectivity index (χ0n) is 10.6. The molecule has 2 rings (SSSR count). The summed E-state index contributed by atoms with van der Waals surface area (Å²) in [4.78, 5) is 24.2. The maximum atomic E-state index is 12.4. The maximum absolute atomic E-state index is 12.4. The van der Waals surface area contributed by atoms with Crippen LogP contribution >= 0.6 is 0 Å². The highest BCUT2D eigenvalue weighted by molar-refractivity contribution is 7.89.